The van der Waals surface area contributed by atoms with E-state index in [-0.39, 0.29) is 5.56 Å². The van der Waals surface area contributed by atoms with Crippen molar-refractivity contribution in [3.05, 3.63) is 41.1 Å². The van der Waals surface area contributed by atoms with E-state index in [0.717, 1.165) is 0 Å². The fraction of sp³-hybridized carbons (Fsp3) is 0.400. The van der Waals surface area contributed by atoms with Gasteiger partial charge in [0.2, 0.25) is 0 Å². The molecule has 0 aromatic heterocycles. The van der Waals surface area contributed by atoms with Crippen LogP contribution in [0.5, 0.6) is 0 Å². The first-order chi connectivity index (χ1) is 9.25. The minimum absolute atomic E-state index is 0.0535. The Balaban J connectivity index is 2.12. The molecule has 3 nitrogen and oxygen atoms in total. The zero-order valence-electron chi connectivity index (χ0n) is 12.1. The summed E-state index contributed by atoms with van der Waals surface area (Å²) in [4.78, 5) is 10.6. The quantitative estimate of drug-likeness (QED) is 0.627. The zero-order chi connectivity index (χ0) is 15.0. The Kier molecular flexibility index (Phi) is 3.85. The third-order valence-corrected chi connectivity index (χ3v) is 3.87. The highest BCUT2D eigenvalue weighted by Gasteiger charge is 2.49. The lowest BCUT2D eigenvalue weighted by Crippen LogP contribution is -2.41. The molecule has 1 aliphatic heterocycles. The van der Waals surface area contributed by atoms with Crippen LogP contribution >= 0.6 is 0 Å². The van der Waals surface area contributed by atoms with E-state index in [1.54, 1.807) is 18.1 Å². The Morgan fingerprint density at radius 3 is 2.25 bits per heavy atom. The number of carbonyl (C=O) groups is 1. The monoisotopic (exact) mass is 276 g/mol. The van der Waals surface area contributed by atoms with Gasteiger partial charge in [0.05, 0.1) is 16.8 Å². The third kappa shape index (κ3) is 2.84. The standard InChI is InChI=1S/C15H18BFO3/c1-14(2)15(3,4)20-16(19-14)8-7-11-5-6-12(10-18)13(17)9-11/h5-10H,1-4H3/b8-7+. The van der Waals surface area contributed by atoms with Crippen LogP contribution in [0.2, 0.25) is 0 Å². The largest absolute Gasteiger partial charge is 0.487 e. The molecule has 2 rings (SSSR count). The van der Waals surface area contributed by atoms with Crippen molar-refractivity contribution < 1.29 is 18.5 Å². The predicted octanol–water partition coefficient (Wildman–Crippen LogP) is 3.28. The molecule has 0 spiro atoms. The second-order valence-corrected chi connectivity index (χ2v) is 5.88. The van der Waals surface area contributed by atoms with Crippen LogP contribution in [0.3, 0.4) is 0 Å². The molecule has 5 heteroatoms. The van der Waals surface area contributed by atoms with Crippen LogP contribution in [0, 0.1) is 5.82 Å². The van der Waals surface area contributed by atoms with E-state index < -0.39 is 24.1 Å². The van der Waals surface area contributed by atoms with E-state index in [9.17, 15) is 9.18 Å². The van der Waals surface area contributed by atoms with E-state index in [0.29, 0.717) is 11.8 Å². The van der Waals surface area contributed by atoms with Gasteiger partial charge < -0.3 is 9.31 Å². The summed E-state index contributed by atoms with van der Waals surface area (Å²) in [6.45, 7) is 7.89. The summed E-state index contributed by atoms with van der Waals surface area (Å²) < 4.78 is 25.1. The maximum atomic E-state index is 13.5. The van der Waals surface area contributed by atoms with Gasteiger partial charge in [-0.25, -0.2) is 4.39 Å². The highest BCUT2D eigenvalue weighted by Crippen LogP contribution is 2.37. The smallest absolute Gasteiger partial charge is 0.400 e. The molecular formula is C15H18BFO3. The van der Waals surface area contributed by atoms with Gasteiger partial charge in [0.25, 0.3) is 0 Å². The number of hydrogen-bond acceptors (Lipinski definition) is 3. The normalized spacial score (nSPS) is 20.6. The number of carbonyl (C=O) groups excluding carboxylic acids is 1. The Bertz CT molecular complexity index is 536. The number of aldehydes is 1. The topological polar surface area (TPSA) is 35.5 Å². The summed E-state index contributed by atoms with van der Waals surface area (Å²) in [5.41, 5.74) is -0.0795. The van der Waals surface area contributed by atoms with Crippen LogP contribution in [0.15, 0.2) is 24.2 Å². The van der Waals surface area contributed by atoms with Gasteiger partial charge in [-0.15, -0.1) is 0 Å². The lowest BCUT2D eigenvalue weighted by atomic mass is 9.89. The number of benzene rings is 1. The van der Waals surface area contributed by atoms with Crippen molar-refractivity contribution >= 4 is 19.5 Å². The Morgan fingerprint density at radius 1 is 1.15 bits per heavy atom. The molecule has 0 unspecified atom stereocenters. The van der Waals surface area contributed by atoms with E-state index in [1.165, 1.54) is 12.1 Å². The third-order valence-electron chi connectivity index (χ3n) is 3.87. The minimum Gasteiger partial charge on any atom is -0.400 e. The van der Waals surface area contributed by atoms with Gasteiger partial charge >= 0.3 is 7.12 Å². The van der Waals surface area contributed by atoms with Crippen LogP contribution in [-0.4, -0.2) is 24.6 Å². The summed E-state index contributed by atoms with van der Waals surface area (Å²) in [7, 11) is -0.464. The van der Waals surface area contributed by atoms with Gasteiger partial charge in [0, 0.05) is 0 Å². The van der Waals surface area contributed by atoms with Gasteiger partial charge in [-0.1, -0.05) is 18.1 Å². The van der Waals surface area contributed by atoms with Gasteiger partial charge in [0.1, 0.15) is 5.82 Å². The molecule has 1 heterocycles. The number of hydrogen-bond donors (Lipinski definition) is 0. The lowest BCUT2D eigenvalue weighted by Gasteiger charge is -2.32. The van der Waals surface area contributed by atoms with Crippen molar-refractivity contribution in [3.8, 4) is 0 Å². The van der Waals surface area contributed by atoms with Crippen molar-refractivity contribution in [1.82, 2.24) is 0 Å². The first kappa shape index (κ1) is 14.9. The highest BCUT2D eigenvalue weighted by atomic mass is 19.1. The Hall–Kier alpha value is -1.46. The van der Waals surface area contributed by atoms with E-state index in [1.807, 2.05) is 27.7 Å². The van der Waals surface area contributed by atoms with E-state index in [2.05, 4.69) is 0 Å². The molecule has 1 aromatic carbocycles. The van der Waals surface area contributed by atoms with E-state index in [4.69, 9.17) is 9.31 Å². The number of halogens is 1. The molecule has 1 saturated heterocycles. The van der Waals surface area contributed by atoms with Crippen molar-refractivity contribution in [2.75, 3.05) is 0 Å². The van der Waals surface area contributed by atoms with Gasteiger partial charge in [0.15, 0.2) is 6.29 Å². The van der Waals surface area contributed by atoms with Crippen LogP contribution in [-0.2, 0) is 9.31 Å². The summed E-state index contributed by atoms with van der Waals surface area (Å²) in [6, 6.07) is 4.44. The summed E-state index contributed by atoms with van der Waals surface area (Å²) in [5.74, 6) is 1.21. The van der Waals surface area contributed by atoms with Crippen molar-refractivity contribution in [2.24, 2.45) is 0 Å². The molecule has 106 valence electrons. The lowest BCUT2D eigenvalue weighted by molar-refractivity contribution is 0.00578. The second-order valence-electron chi connectivity index (χ2n) is 5.88. The molecule has 0 N–H and O–H groups in total. The summed E-state index contributed by atoms with van der Waals surface area (Å²) in [5, 5.41) is 0. The zero-order valence-corrected chi connectivity index (χ0v) is 12.1. The van der Waals surface area contributed by atoms with Gasteiger partial charge in [-0.05, 0) is 45.4 Å². The molecule has 20 heavy (non-hydrogen) atoms. The van der Waals surface area contributed by atoms with Crippen molar-refractivity contribution in [2.45, 2.75) is 38.9 Å². The average molecular weight is 276 g/mol. The predicted molar refractivity (Wildman–Crippen MR) is 76.9 cm³/mol. The van der Waals surface area contributed by atoms with Crippen LogP contribution in [0.1, 0.15) is 43.6 Å². The van der Waals surface area contributed by atoms with E-state index >= 15 is 0 Å². The van der Waals surface area contributed by atoms with Crippen molar-refractivity contribution in [3.63, 3.8) is 0 Å². The van der Waals surface area contributed by atoms with Gasteiger partial charge in [-0.3, -0.25) is 4.79 Å². The Labute approximate surface area is 118 Å². The Morgan fingerprint density at radius 2 is 1.75 bits per heavy atom. The molecule has 1 fully saturated rings. The molecule has 1 aromatic rings. The fourth-order valence-electron chi connectivity index (χ4n) is 1.90. The average Bonchev–Trinajstić information content (AvgIpc) is 2.55. The maximum Gasteiger partial charge on any atom is 0.487 e. The molecule has 0 radical (unpaired) electrons. The molecular weight excluding hydrogens is 258 g/mol. The van der Waals surface area contributed by atoms with Gasteiger partial charge in [-0.2, -0.15) is 0 Å². The summed E-state index contributed by atoms with van der Waals surface area (Å²) in [6.07, 6.45) is 2.22. The van der Waals surface area contributed by atoms with Crippen LogP contribution < -0.4 is 0 Å². The van der Waals surface area contributed by atoms with Crippen LogP contribution in [0.4, 0.5) is 4.39 Å². The SMILES string of the molecule is CC1(C)OB(/C=C/c2ccc(C=O)c(F)c2)OC1(C)C. The van der Waals surface area contributed by atoms with Crippen LogP contribution in [0.25, 0.3) is 6.08 Å². The van der Waals surface area contributed by atoms with Crippen molar-refractivity contribution in [1.29, 1.82) is 0 Å². The number of rotatable bonds is 3. The molecule has 0 atom stereocenters. The first-order valence-electron chi connectivity index (χ1n) is 6.54. The molecule has 0 bridgehead atoms. The molecule has 0 aliphatic carbocycles. The minimum atomic E-state index is -0.531. The highest BCUT2D eigenvalue weighted by molar-refractivity contribution is 6.52. The molecule has 0 saturated carbocycles. The summed E-state index contributed by atoms with van der Waals surface area (Å²) >= 11 is 0. The molecule has 1 aliphatic rings. The first-order valence-corrected chi connectivity index (χ1v) is 6.54. The second kappa shape index (κ2) is 5.15. The fourth-order valence-corrected chi connectivity index (χ4v) is 1.90. The maximum absolute atomic E-state index is 13.5. The molecule has 0 amide bonds.